The Labute approximate surface area is 152 Å². The van der Waals surface area contributed by atoms with Crippen LogP contribution < -0.4 is 5.32 Å². The Morgan fingerprint density at radius 1 is 1.35 bits per heavy atom. The molecule has 0 radical (unpaired) electrons. The molecule has 1 aromatic heterocycles. The average molecular weight is 378 g/mol. The first-order valence-electron chi connectivity index (χ1n) is 8.29. The van der Waals surface area contributed by atoms with E-state index in [1.807, 2.05) is 30.3 Å². The van der Waals surface area contributed by atoms with Gasteiger partial charge >= 0.3 is 0 Å². The summed E-state index contributed by atoms with van der Waals surface area (Å²) in [6.07, 6.45) is 0.804. The maximum atomic E-state index is 12.5. The van der Waals surface area contributed by atoms with E-state index in [9.17, 15) is 13.2 Å². The molecule has 1 aliphatic rings. The SMILES string of the molecule is Cn1nc(-c2ccccc2)cc1C(=O)NC[C@H]1CN(S(C)(=O)=O)CCO1. The zero-order valence-electron chi connectivity index (χ0n) is 14.8. The molecule has 1 amide bonds. The molecule has 9 heteroatoms. The minimum Gasteiger partial charge on any atom is -0.374 e. The Morgan fingerprint density at radius 2 is 2.08 bits per heavy atom. The number of sulfonamides is 1. The number of aromatic nitrogens is 2. The van der Waals surface area contributed by atoms with Gasteiger partial charge in [0.25, 0.3) is 5.91 Å². The molecule has 1 N–H and O–H groups in total. The van der Waals surface area contributed by atoms with Crippen LogP contribution in [0.25, 0.3) is 11.3 Å². The van der Waals surface area contributed by atoms with Crippen LogP contribution in [-0.2, 0) is 21.8 Å². The highest BCUT2D eigenvalue weighted by Crippen LogP contribution is 2.18. The molecule has 0 unspecified atom stereocenters. The number of carbonyl (C=O) groups excluding carboxylic acids is 1. The Kier molecular flexibility index (Phi) is 5.40. The van der Waals surface area contributed by atoms with Gasteiger partial charge in [-0.05, 0) is 6.07 Å². The van der Waals surface area contributed by atoms with Gasteiger partial charge in [-0.1, -0.05) is 30.3 Å². The minimum atomic E-state index is -3.26. The van der Waals surface area contributed by atoms with Crippen LogP contribution >= 0.6 is 0 Å². The monoisotopic (exact) mass is 378 g/mol. The number of hydrogen-bond acceptors (Lipinski definition) is 5. The highest BCUT2D eigenvalue weighted by molar-refractivity contribution is 7.88. The van der Waals surface area contributed by atoms with Crippen molar-refractivity contribution in [2.45, 2.75) is 6.10 Å². The zero-order chi connectivity index (χ0) is 18.7. The smallest absolute Gasteiger partial charge is 0.269 e. The van der Waals surface area contributed by atoms with Gasteiger partial charge in [-0.25, -0.2) is 8.42 Å². The van der Waals surface area contributed by atoms with Crippen molar-refractivity contribution in [1.82, 2.24) is 19.4 Å². The normalized spacial score (nSPS) is 18.6. The zero-order valence-corrected chi connectivity index (χ0v) is 15.6. The first-order valence-corrected chi connectivity index (χ1v) is 10.1. The highest BCUT2D eigenvalue weighted by atomic mass is 32.2. The van der Waals surface area contributed by atoms with E-state index in [1.165, 1.54) is 15.2 Å². The Balaban J connectivity index is 1.63. The predicted octanol–water partition coefficient (Wildman–Crippen LogP) is 0.477. The van der Waals surface area contributed by atoms with Crippen molar-refractivity contribution in [3.05, 3.63) is 42.1 Å². The molecule has 140 valence electrons. The van der Waals surface area contributed by atoms with Gasteiger partial charge in [0, 0.05) is 32.2 Å². The van der Waals surface area contributed by atoms with Crippen molar-refractivity contribution in [3.8, 4) is 11.3 Å². The first kappa shape index (κ1) is 18.6. The van der Waals surface area contributed by atoms with Gasteiger partial charge in [-0.15, -0.1) is 0 Å². The number of amides is 1. The van der Waals surface area contributed by atoms with E-state index in [1.54, 1.807) is 13.1 Å². The number of morpholine rings is 1. The molecule has 0 spiro atoms. The maximum Gasteiger partial charge on any atom is 0.269 e. The third kappa shape index (κ3) is 4.29. The molecule has 1 atom stereocenters. The summed E-state index contributed by atoms with van der Waals surface area (Å²) in [5, 5.41) is 7.18. The minimum absolute atomic E-state index is 0.233. The quantitative estimate of drug-likeness (QED) is 0.817. The second-order valence-corrected chi connectivity index (χ2v) is 8.21. The van der Waals surface area contributed by atoms with Crippen LogP contribution in [0.5, 0.6) is 0 Å². The predicted molar refractivity (Wildman–Crippen MR) is 97.1 cm³/mol. The van der Waals surface area contributed by atoms with Crippen molar-refractivity contribution in [3.63, 3.8) is 0 Å². The van der Waals surface area contributed by atoms with E-state index in [0.29, 0.717) is 18.8 Å². The number of nitrogens with zero attached hydrogens (tertiary/aromatic N) is 3. The molecule has 1 aromatic carbocycles. The first-order chi connectivity index (χ1) is 12.3. The van der Waals surface area contributed by atoms with Crippen molar-refractivity contribution >= 4 is 15.9 Å². The van der Waals surface area contributed by atoms with Crippen LogP contribution in [0.2, 0.25) is 0 Å². The van der Waals surface area contributed by atoms with Gasteiger partial charge in [0.15, 0.2) is 0 Å². The van der Waals surface area contributed by atoms with E-state index in [0.717, 1.165) is 11.3 Å². The lowest BCUT2D eigenvalue weighted by Crippen LogP contribution is -2.49. The number of benzene rings is 1. The fraction of sp³-hybridized carbons (Fsp3) is 0.412. The van der Waals surface area contributed by atoms with Gasteiger partial charge in [-0.3, -0.25) is 9.48 Å². The fourth-order valence-corrected chi connectivity index (χ4v) is 3.69. The number of hydrogen-bond donors (Lipinski definition) is 1. The van der Waals surface area contributed by atoms with Gasteiger partial charge in [0.05, 0.1) is 24.7 Å². The largest absolute Gasteiger partial charge is 0.374 e. The molecular formula is C17H22N4O4S. The lowest BCUT2D eigenvalue weighted by atomic mass is 10.1. The van der Waals surface area contributed by atoms with Crippen molar-refractivity contribution in [2.24, 2.45) is 7.05 Å². The molecule has 1 saturated heterocycles. The molecule has 26 heavy (non-hydrogen) atoms. The van der Waals surface area contributed by atoms with Crippen molar-refractivity contribution in [1.29, 1.82) is 0 Å². The van der Waals surface area contributed by atoms with Crippen LogP contribution in [0, 0.1) is 0 Å². The molecule has 1 aliphatic heterocycles. The summed E-state index contributed by atoms with van der Waals surface area (Å²) in [6.45, 7) is 1.12. The summed E-state index contributed by atoms with van der Waals surface area (Å²) < 4.78 is 31.7. The van der Waals surface area contributed by atoms with Crippen LogP contribution in [0.1, 0.15) is 10.5 Å². The van der Waals surface area contributed by atoms with Crippen LogP contribution in [-0.4, -0.2) is 67.0 Å². The molecule has 8 nitrogen and oxygen atoms in total. The molecular weight excluding hydrogens is 356 g/mol. The van der Waals surface area contributed by atoms with E-state index in [-0.39, 0.29) is 25.1 Å². The van der Waals surface area contributed by atoms with E-state index in [2.05, 4.69) is 10.4 Å². The molecule has 0 bridgehead atoms. The molecule has 2 aromatic rings. The second kappa shape index (κ2) is 7.56. The summed E-state index contributed by atoms with van der Waals surface area (Å²) in [5.74, 6) is -0.276. The van der Waals surface area contributed by atoms with Gasteiger partial charge in [0.1, 0.15) is 5.69 Å². The van der Waals surface area contributed by atoms with Gasteiger partial charge < -0.3 is 10.1 Å². The van der Waals surface area contributed by atoms with Gasteiger partial charge in [-0.2, -0.15) is 9.40 Å². The maximum absolute atomic E-state index is 12.5. The summed E-state index contributed by atoms with van der Waals surface area (Å²) in [4.78, 5) is 12.5. The lowest BCUT2D eigenvalue weighted by molar-refractivity contribution is 0.000389. The fourth-order valence-electron chi connectivity index (χ4n) is 2.84. The number of carbonyl (C=O) groups is 1. The van der Waals surface area contributed by atoms with Crippen molar-refractivity contribution in [2.75, 3.05) is 32.5 Å². The third-order valence-corrected chi connectivity index (χ3v) is 5.51. The third-order valence-electron chi connectivity index (χ3n) is 4.24. The summed E-state index contributed by atoms with van der Waals surface area (Å²) in [5.41, 5.74) is 2.08. The number of nitrogens with one attached hydrogen (secondary N) is 1. The molecule has 1 fully saturated rings. The summed E-state index contributed by atoms with van der Waals surface area (Å²) in [7, 11) is -1.54. The molecule has 3 rings (SSSR count). The molecule has 0 saturated carbocycles. The summed E-state index contributed by atoms with van der Waals surface area (Å²) >= 11 is 0. The van der Waals surface area contributed by atoms with E-state index in [4.69, 9.17) is 4.74 Å². The van der Waals surface area contributed by atoms with Crippen LogP contribution in [0.15, 0.2) is 36.4 Å². The average Bonchev–Trinajstić information content (AvgIpc) is 3.02. The second-order valence-electron chi connectivity index (χ2n) is 6.23. The molecule has 2 heterocycles. The van der Waals surface area contributed by atoms with E-state index < -0.39 is 10.0 Å². The van der Waals surface area contributed by atoms with Gasteiger partial charge in [0.2, 0.25) is 10.0 Å². The number of ether oxygens (including phenoxy) is 1. The Hall–Kier alpha value is -2.23. The van der Waals surface area contributed by atoms with Crippen LogP contribution in [0.4, 0.5) is 0 Å². The van der Waals surface area contributed by atoms with E-state index >= 15 is 0 Å². The van der Waals surface area contributed by atoms with Crippen LogP contribution in [0.3, 0.4) is 0 Å². The highest BCUT2D eigenvalue weighted by Gasteiger charge is 2.27. The topological polar surface area (TPSA) is 93.5 Å². The summed E-state index contributed by atoms with van der Waals surface area (Å²) in [6, 6.07) is 11.3. The number of aryl methyl sites for hydroxylation is 1. The van der Waals surface area contributed by atoms with Crippen molar-refractivity contribution < 1.29 is 17.9 Å². The number of rotatable bonds is 5. The Bertz CT molecular complexity index is 879. The lowest BCUT2D eigenvalue weighted by Gasteiger charge is -2.31. The standard InChI is InChI=1S/C17H22N4O4S/c1-20-16(10-15(19-20)13-6-4-3-5-7-13)17(22)18-11-14-12-21(8-9-25-14)26(2,23)24/h3-7,10,14H,8-9,11-12H2,1-2H3,(H,18,22)/t14-/m0/s1. The molecule has 0 aliphatic carbocycles. The Morgan fingerprint density at radius 3 is 2.77 bits per heavy atom.